The van der Waals surface area contributed by atoms with E-state index in [2.05, 4.69) is 5.32 Å². The van der Waals surface area contributed by atoms with Gasteiger partial charge in [-0.2, -0.15) is 13.2 Å². The molecule has 14 heavy (non-hydrogen) atoms. The average Bonchev–Trinajstić information content (AvgIpc) is 2.88. The largest absolute Gasteiger partial charge is 0.391 e. The normalized spacial score (nSPS) is 34.5. The zero-order chi connectivity index (χ0) is 10.2. The van der Waals surface area contributed by atoms with Crippen LogP contribution in [0.3, 0.4) is 0 Å². The highest BCUT2D eigenvalue weighted by Gasteiger charge is 2.41. The molecule has 2 aliphatic rings. The van der Waals surface area contributed by atoms with E-state index in [1.165, 1.54) is 12.8 Å². The Morgan fingerprint density at radius 1 is 0.786 bits per heavy atom. The minimum absolute atomic E-state index is 0.313. The van der Waals surface area contributed by atoms with Gasteiger partial charge in [0.05, 0.1) is 5.92 Å². The van der Waals surface area contributed by atoms with Crippen molar-refractivity contribution in [3.8, 4) is 0 Å². The van der Waals surface area contributed by atoms with Crippen molar-refractivity contribution in [3.05, 3.63) is 0 Å². The maximum Gasteiger partial charge on any atom is 0.391 e. The molecule has 2 fully saturated rings. The third-order valence-corrected chi connectivity index (χ3v) is 3.24. The number of alkyl halides is 3. The first kappa shape index (κ1) is 10.3. The fourth-order valence-corrected chi connectivity index (χ4v) is 2.17. The van der Waals surface area contributed by atoms with E-state index in [-0.39, 0.29) is 0 Å². The SMILES string of the molecule is FC(F)(F)C1CCC(NC2CC2)CC1. The molecule has 0 bridgehead atoms. The summed E-state index contributed by atoms with van der Waals surface area (Å²) in [5, 5.41) is 3.40. The maximum atomic E-state index is 12.3. The molecule has 0 saturated heterocycles. The summed E-state index contributed by atoms with van der Waals surface area (Å²) < 4.78 is 37.0. The lowest BCUT2D eigenvalue weighted by Gasteiger charge is -2.30. The number of nitrogens with one attached hydrogen (secondary N) is 1. The molecule has 0 amide bonds. The Hall–Kier alpha value is -0.250. The highest BCUT2D eigenvalue weighted by atomic mass is 19.4. The van der Waals surface area contributed by atoms with Crippen LogP contribution >= 0.6 is 0 Å². The van der Waals surface area contributed by atoms with Crippen LogP contribution in [0.2, 0.25) is 0 Å². The van der Waals surface area contributed by atoms with E-state index < -0.39 is 12.1 Å². The number of hydrogen-bond acceptors (Lipinski definition) is 1. The van der Waals surface area contributed by atoms with E-state index in [1.807, 2.05) is 0 Å². The van der Waals surface area contributed by atoms with Crippen molar-refractivity contribution < 1.29 is 13.2 Å². The van der Waals surface area contributed by atoms with Gasteiger partial charge in [-0.15, -0.1) is 0 Å². The molecule has 2 saturated carbocycles. The Kier molecular flexibility index (Phi) is 2.73. The van der Waals surface area contributed by atoms with Crippen molar-refractivity contribution in [1.29, 1.82) is 0 Å². The highest BCUT2D eigenvalue weighted by Crippen LogP contribution is 2.38. The molecule has 0 aromatic rings. The Labute approximate surface area is 82.1 Å². The van der Waals surface area contributed by atoms with Crippen LogP contribution in [0.5, 0.6) is 0 Å². The van der Waals surface area contributed by atoms with Crippen LogP contribution in [-0.4, -0.2) is 18.3 Å². The third kappa shape index (κ3) is 2.62. The van der Waals surface area contributed by atoms with Crippen LogP contribution < -0.4 is 5.32 Å². The van der Waals surface area contributed by atoms with Crippen molar-refractivity contribution in [1.82, 2.24) is 5.32 Å². The third-order valence-electron chi connectivity index (χ3n) is 3.24. The van der Waals surface area contributed by atoms with Gasteiger partial charge in [0.15, 0.2) is 0 Å². The summed E-state index contributed by atoms with van der Waals surface area (Å²) >= 11 is 0. The van der Waals surface area contributed by atoms with Gasteiger partial charge in [0.25, 0.3) is 0 Å². The van der Waals surface area contributed by atoms with Gasteiger partial charge < -0.3 is 5.32 Å². The monoisotopic (exact) mass is 207 g/mol. The van der Waals surface area contributed by atoms with Crippen molar-refractivity contribution >= 4 is 0 Å². The van der Waals surface area contributed by atoms with E-state index in [9.17, 15) is 13.2 Å². The van der Waals surface area contributed by atoms with E-state index in [0.29, 0.717) is 37.8 Å². The first-order valence-electron chi connectivity index (χ1n) is 5.38. The Morgan fingerprint density at radius 2 is 1.21 bits per heavy atom. The fraction of sp³-hybridized carbons (Fsp3) is 1.00. The molecule has 0 spiro atoms. The topological polar surface area (TPSA) is 12.0 Å². The molecule has 2 aliphatic carbocycles. The molecule has 1 N–H and O–H groups in total. The smallest absolute Gasteiger partial charge is 0.311 e. The molecule has 0 aliphatic heterocycles. The minimum atomic E-state index is -3.97. The first-order chi connectivity index (χ1) is 6.55. The fourth-order valence-electron chi connectivity index (χ4n) is 2.17. The van der Waals surface area contributed by atoms with Gasteiger partial charge in [0, 0.05) is 12.1 Å². The van der Waals surface area contributed by atoms with Gasteiger partial charge in [0.2, 0.25) is 0 Å². The summed E-state index contributed by atoms with van der Waals surface area (Å²) in [6, 6.07) is 0.962. The molecule has 0 aromatic heterocycles. The summed E-state index contributed by atoms with van der Waals surface area (Å²) in [5.74, 6) is -1.04. The van der Waals surface area contributed by atoms with E-state index in [0.717, 1.165) is 0 Å². The lowest BCUT2D eigenvalue weighted by molar-refractivity contribution is -0.182. The number of hydrogen-bond donors (Lipinski definition) is 1. The Bertz CT molecular complexity index is 190. The molecule has 0 unspecified atom stereocenters. The second kappa shape index (κ2) is 3.72. The van der Waals surface area contributed by atoms with Crippen molar-refractivity contribution in [2.24, 2.45) is 5.92 Å². The average molecular weight is 207 g/mol. The van der Waals surface area contributed by atoms with Crippen molar-refractivity contribution in [2.45, 2.75) is 56.8 Å². The van der Waals surface area contributed by atoms with Crippen LogP contribution in [0.25, 0.3) is 0 Å². The van der Waals surface area contributed by atoms with Crippen LogP contribution in [0.4, 0.5) is 13.2 Å². The zero-order valence-electron chi connectivity index (χ0n) is 8.11. The minimum Gasteiger partial charge on any atom is -0.311 e. The van der Waals surface area contributed by atoms with Crippen molar-refractivity contribution in [3.63, 3.8) is 0 Å². The zero-order valence-corrected chi connectivity index (χ0v) is 8.11. The maximum absolute atomic E-state index is 12.3. The molecule has 1 nitrogen and oxygen atoms in total. The Balaban J connectivity index is 1.74. The van der Waals surface area contributed by atoms with Crippen LogP contribution in [0.15, 0.2) is 0 Å². The Morgan fingerprint density at radius 3 is 1.57 bits per heavy atom. The van der Waals surface area contributed by atoms with Gasteiger partial charge in [-0.3, -0.25) is 0 Å². The number of rotatable bonds is 2. The van der Waals surface area contributed by atoms with E-state index in [4.69, 9.17) is 0 Å². The molecule has 0 heterocycles. The van der Waals surface area contributed by atoms with Gasteiger partial charge in [-0.05, 0) is 38.5 Å². The molecule has 0 aromatic carbocycles. The summed E-state index contributed by atoms with van der Waals surface area (Å²) in [7, 11) is 0. The lowest BCUT2D eigenvalue weighted by atomic mass is 9.85. The van der Waals surface area contributed by atoms with Crippen LogP contribution in [0, 0.1) is 5.92 Å². The quantitative estimate of drug-likeness (QED) is 0.734. The van der Waals surface area contributed by atoms with Gasteiger partial charge >= 0.3 is 6.18 Å². The van der Waals surface area contributed by atoms with E-state index >= 15 is 0 Å². The summed E-state index contributed by atoms with van der Waals surface area (Å²) in [5.41, 5.74) is 0. The molecular formula is C10H16F3N. The molecule has 82 valence electrons. The number of halogens is 3. The summed E-state index contributed by atoms with van der Waals surface area (Å²) in [4.78, 5) is 0. The van der Waals surface area contributed by atoms with Gasteiger partial charge in [0.1, 0.15) is 0 Å². The van der Waals surface area contributed by atoms with Crippen LogP contribution in [-0.2, 0) is 0 Å². The van der Waals surface area contributed by atoms with Crippen molar-refractivity contribution in [2.75, 3.05) is 0 Å². The standard InChI is InChI=1S/C10H16F3N/c11-10(12,13)7-1-3-8(4-2-7)14-9-5-6-9/h7-9,14H,1-6H2. The van der Waals surface area contributed by atoms with Gasteiger partial charge in [-0.1, -0.05) is 0 Å². The molecular weight excluding hydrogens is 191 g/mol. The van der Waals surface area contributed by atoms with Crippen LogP contribution in [0.1, 0.15) is 38.5 Å². The molecule has 0 radical (unpaired) electrons. The molecule has 4 heteroatoms. The van der Waals surface area contributed by atoms with Gasteiger partial charge in [-0.25, -0.2) is 0 Å². The first-order valence-corrected chi connectivity index (χ1v) is 5.38. The van der Waals surface area contributed by atoms with E-state index in [1.54, 1.807) is 0 Å². The summed E-state index contributed by atoms with van der Waals surface area (Å²) in [6.45, 7) is 0. The molecule has 2 rings (SSSR count). The lowest BCUT2D eigenvalue weighted by Crippen LogP contribution is -2.37. The summed E-state index contributed by atoms with van der Waals surface area (Å²) in [6.07, 6.45) is 0.464. The predicted molar refractivity (Wildman–Crippen MR) is 48.0 cm³/mol. The highest BCUT2D eigenvalue weighted by molar-refractivity contribution is 4.88. The predicted octanol–water partition coefficient (Wildman–Crippen LogP) is 2.86. The second-order valence-electron chi connectivity index (χ2n) is 4.53. The molecule has 0 atom stereocenters. The second-order valence-corrected chi connectivity index (χ2v) is 4.53.